The second kappa shape index (κ2) is 8.12. The van der Waals surface area contributed by atoms with Crippen molar-refractivity contribution >= 4 is 5.91 Å². The first kappa shape index (κ1) is 19.4. The van der Waals surface area contributed by atoms with Crippen LogP contribution in [0.4, 0.5) is 17.6 Å². The van der Waals surface area contributed by atoms with Crippen LogP contribution in [-0.4, -0.2) is 15.7 Å². The lowest BCUT2D eigenvalue weighted by Crippen LogP contribution is -2.25. The lowest BCUT2D eigenvalue weighted by molar-refractivity contribution is -0.138. The van der Waals surface area contributed by atoms with Crippen molar-refractivity contribution in [3.63, 3.8) is 0 Å². The number of ether oxygens (including phenoxy) is 1. The van der Waals surface area contributed by atoms with Gasteiger partial charge in [0.25, 0.3) is 5.91 Å². The standard InChI is InChI=1S/C19H15F4N3O2/c20-14-5-7-15(8-6-14)28-12-26-10-9-17(25-26)18(27)24-11-13-3-1-2-4-16(13)19(21,22)23/h1-10H,11-12H2,(H,24,27). The van der Waals surface area contributed by atoms with Gasteiger partial charge < -0.3 is 10.1 Å². The van der Waals surface area contributed by atoms with Crippen LogP contribution in [0.3, 0.4) is 0 Å². The van der Waals surface area contributed by atoms with Crippen molar-refractivity contribution < 1.29 is 27.1 Å². The first-order valence-corrected chi connectivity index (χ1v) is 8.18. The van der Waals surface area contributed by atoms with Gasteiger partial charge in [-0.15, -0.1) is 0 Å². The molecule has 0 aliphatic heterocycles. The number of halogens is 4. The number of carbonyl (C=O) groups is 1. The van der Waals surface area contributed by atoms with Crippen LogP contribution in [0.15, 0.2) is 60.8 Å². The summed E-state index contributed by atoms with van der Waals surface area (Å²) in [6.45, 7) is -0.302. The zero-order valence-electron chi connectivity index (χ0n) is 14.4. The number of alkyl halides is 3. The fraction of sp³-hybridized carbons (Fsp3) is 0.158. The second-order valence-electron chi connectivity index (χ2n) is 5.81. The van der Waals surface area contributed by atoms with Crippen LogP contribution in [-0.2, 0) is 19.5 Å². The van der Waals surface area contributed by atoms with Gasteiger partial charge in [0.1, 0.15) is 17.3 Å². The summed E-state index contributed by atoms with van der Waals surface area (Å²) in [6, 6.07) is 11.8. The van der Waals surface area contributed by atoms with Crippen LogP contribution in [0, 0.1) is 5.82 Å². The number of hydrogen-bond acceptors (Lipinski definition) is 3. The summed E-state index contributed by atoms with van der Waals surface area (Å²) >= 11 is 0. The molecule has 3 aromatic rings. The Morgan fingerprint density at radius 1 is 1.07 bits per heavy atom. The fourth-order valence-electron chi connectivity index (χ4n) is 2.44. The summed E-state index contributed by atoms with van der Waals surface area (Å²) in [5.74, 6) is -0.582. The summed E-state index contributed by atoms with van der Waals surface area (Å²) in [5.41, 5.74) is -0.803. The monoisotopic (exact) mass is 393 g/mol. The minimum Gasteiger partial charge on any atom is -0.471 e. The Balaban J connectivity index is 1.58. The summed E-state index contributed by atoms with van der Waals surface area (Å²) in [5, 5.41) is 6.43. The van der Waals surface area contributed by atoms with Crippen molar-refractivity contribution in [3.8, 4) is 5.75 Å². The van der Waals surface area contributed by atoms with Gasteiger partial charge in [0.15, 0.2) is 6.73 Å². The molecule has 0 aliphatic carbocycles. The SMILES string of the molecule is O=C(NCc1ccccc1C(F)(F)F)c1ccn(COc2ccc(F)cc2)n1. The van der Waals surface area contributed by atoms with Crippen LogP contribution in [0.1, 0.15) is 21.6 Å². The zero-order valence-corrected chi connectivity index (χ0v) is 14.4. The van der Waals surface area contributed by atoms with E-state index in [0.29, 0.717) is 5.75 Å². The smallest absolute Gasteiger partial charge is 0.416 e. The third-order valence-electron chi connectivity index (χ3n) is 3.81. The van der Waals surface area contributed by atoms with Crippen LogP contribution >= 0.6 is 0 Å². The third-order valence-corrected chi connectivity index (χ3v) is 3.81. The molecule has 0 fully saturated rings. The molecular weight excluding hydrogens is 378 g/mol. The molecule has 0 saturated heterocycles. The minimum absolute atomic E-state index is 0.0180. The van der Waals surface area contributed by atoms with E-state index in [1.165, 1.54) is 59.4 Å². The first-order chi connectivity index (χ1) is 13.3. The maximum atomic E-state index is 13.0. The van der Waals surface area contributed by atoms with Gasteiger partial charge in [-0.25, -0.2) is 9.07 Å². The van der Waals surface area contributed by atoms with Crippen LogP contribution in [0.25, 0.3) is 0 Å². The first-order valence-electron chi connectivity index (χ1n) is 8.18. The molecule has 3 rings (SSSR count). The number of nitrogens with one attached hydrogen (secondary N) is 1. The molecule has 9 heteroatoms. The summed E-state index contributed by atoms with van der Waals surface area (Å²) in [4.78, 5) is 12.2. The molecule has 1 heterocycles. The minimum atomic E-state index is -4.50. The van der Waals surface area contributed by atoms with Gasteiger partial charge in [-0.2, -0.15) is 18.3 Å². The predicted molar refractivity (Wildman–Crippen MR) is 91.9 cm³/mol. The van der Waals surface area contributed by atoms with Gasteiger partial charge in [0.05, 0.1) is 5.56 Å². The molecule has 5 nitrogen and oxygen atoms in total. The molecule has 0 atom stereocenters. The molecule has 0 bridgehead atoms. The topological polar surface area (TPSA) is 56.2 Å². The average molecular weight is 393 g/mol. The largest absolute Gasteiger partial charge is 0.471 e. The maximum absolute atomic E-state index is 13.0. The van der Waals surface area contributed by atoms with E-state index in [4.69, 9.17) is 4.74 Å². The van der Waals surface area contributed by atoms with Crippen molar-refractivity contribution in [2.45, 2.75) is 19.5 Å². The molecule has 146 valence electrons. The highest BCUT2D eigenvalue weighted by molar-refractivity contribution is 5.92. The summed E-state index contributed by atoms with van der Waals surface area (Å²) in [6.07, 6.45) is -3.01. The summed E-state index contributed by atoms with van der Waals surface area (Å²) in [7, 11) is 0. The normalized spacial score (nSPS) is 11.3. The molecule has 2 aromatic carbocycles. The molecule has 1 N–H and O–H groups in total. The maximum Gasteiger partial charge on any atom is 0.416 e. The van der Waals surface area contributed by atoms with E-state index in [1.807, 2.05) is 0 Å². The van der Waals surface area contributed by atoms with E-state index >= 15 is 0 Å². The number of aromatic nitrogens is 2. The van der Waals surface area contributed by atoms with Gasteiger partial charge in [-0.3, -0.25) is 4.79 Å². The van der Waals surface area contributed by atoms with Crippen molar-refractivity contribution in [2.75, 3.05) is 0 Å². The Labute approximate surface area is 157 Å². The molecule has 0 saturated carbocycles. The van der Waals surface area contributed by atoms with E-state index in [-0.39, 0.29) is 24.5 Å². The second-order valence-corrected chi connectivity index (χ2v) is 5.81. The molecule has 1 amide bonds. The highest BCUT2D eigenvalue weighted by atomic mass is 19.4. The van der Waals surface area contributed by atoms with Crippen molar-refractivity contribution in [3.05, 3.63) is 83.4 Å². The Hall–Kier alpha value is -3.36. The Morgan fingerprint density at radius 2 is 1.79 bits per heavy atom. The van der Waals surface area contributed by atoms with E-state index in [0.717, 1.165) is 6.07 Å². The van der Waals surface area contributed by atoms with Crippen molar-refractivity contribution in [2.24, 2.45) is 0 Å². The van der Waals surface area contributed by atoms with E-state index < -0.39 is 23.5 Å². The zero-order chi connectivity index (χ0) is 20.1. The quantitative estimate of drug-likeness (QED) is 0.644. The number of carbonyl (C=O) groups excluding carboxylic acids is 1. The van der Waals surface area contributed by atoms with Gasteiger partial charge in [-0.05, 0) is 42.0 Å². The Morgan fingerprint density at radius 3 is 2.50 bits per heavy atom. The van der Waals surface area contributed by atoms with Gasteiger partial charge >= 0.3 is 6.18 Å². The van der Waals surface area contributed by atoms with E-state index in [1.54, 1.807) is 0 Å². The highest BCUT2D eigenvalue weighted by Gasteiger charge is 2.32. The predicted octanol–water partition coefficient (Wildman–Crippen LogP) is 4.01. The van der Waals surface area contributed by atoms with Gasteiger partial charge in [0.2, 0.25) is 0 Å². The van der Waals surface area contributed by atoms with E-state index in [2.05, 4.69) is 10.4 Å². The number of rotatable bonds is 6. The lowest BCUT2D eigenvalue weighted by Gasteiger charge is -2.12. The molecule has 28 heavy (non-hydrogen) atoms. The number of hydrogen-bond donors (Lipinski definition) is 1. The fourth-order valence-corrected chi connectivity index (χ4v) is 2.44. The molecule has 0 aliphatic rings. The van der Waals surface area contributed by atoms with Crippen LogP contribution in [0.2, 0.25) is 0 Å². The Kier molecular flexibility index (Phi) is 5.62. The molecule has 0 unspecified atom stereocenters. The summed E-state index contributed by atoms with van der Waals surface area (Å²) < 4.78 is 58.5. The molecule has 0 radical (unpaired) electrons. The van der Waals surface area contributed by atoms with Gasteiger partial charge in [-0.1, -0.05) is 18.2 Å². The number of benzene rings is 2. The highest BCUT2D eigenvalue weighted by Crippen LogP contribution is 2.31. The number of amides is 1. The number of nitrogens with zero attached hydrogens (tertiary/aromatic N) is 2. The third kappa shape index (κ3) is 4.87. The molecule has 1 aromatic heterocycles. The lowest BCUT2D eigenvalue weighted by atomic mass is 10.1. The van der Waals surface area contributed by atoms with Crippen LogP contribution < -0.4 is 10.1 Å². The van der Waals surface area contributed by atoms with E-state index in [9.17, 15) is 22.4 Å². The van der Waals surface area contributed by atoms with Crippen LogP contribution in [0.5, 0.6) is 5.75 Å². The average Bonchev–Trinajstić information content (AvgIpc) is 3.14. The molecular formula is C19H15F4N3O2. The van der Waals surface area contributed by atoms with Gasteiger partial charge in [0, 0.05) is 12.7 Å². The Bertz CT molecular complexity index is 952. The van der Waals surface area contributed by atoms with Crippen molar-refractivity contribution in [1.29, 1.82) is 0 Å². The van der Waals surface area contributed by atoms with Crippen molar-refractivity contribution in [1.82, 2.24) is 15.1 Å². The molecule has 0 spiro atoms.